The molecule has 1 saturated carbocycles. The van der Waals surface area contributed by atoms with Crippen LogP contribution in [0, 0.1) is 11.7 Å². The Morgan fingerprint density at radius 1 is 1.25 bits per heavy atom. The molecule has 1 aliphatic carbocycles. The zero-order valence-corrected chi connectivity index (χ0v) is 12.2. The summed E-state index contributed by atoms with van der Waals surface area (Å²) in [6, 6.07) is 2.39. The molecule has 0 amide bonds. The van der Waals surface area contributed by atoms with Gasteiger partial charge in [-0.05, 0) is 37.0 Å². The molecule has 0 spiro atoms. The molecule has 1 aromatic carbocycles. The Bertz CT molecular complexity index is 599. The fraction of sp³-hybridized carbons (Fsp3) is 0.571. The Kier molecular flexibility index (Phi) is 3.88. The predicted octanol–water partition coefficient (Wildman–Crippen LogP) is 3.90. The first kappa shape index (κ1) is 15.4. The molecule has 0 aliphatic heterocycles. The second kappa shape index (κ2) is 5.06. The molecule has 0 aromatic heterocycles. The van der Waals surface area contributed by atoms with Crippen molar-refractivity contribution in [2.24, 2.45) is 5.92 Å². The summed E-state index contributed by atoms with van der Waals surface area (Å²) < 4.78 is 64.5. The van der Waals surface area contributed by atoms with Gasteiger partial charge in [-0.25, -0.2) is 21.6 Å². The molecule has 0 radical (unpaired) electrons. The van der Waals surface area contributed by atoms with Crippen molar-refractivity contribution in [1.29, 1.82) is 0 Å². The van der Waals surface area contributed by atoms with Crippen LogP contribution in [-0.4, -0.2) is 13.7 Å². The minimum absolute atomic E-state index is 0.339. The number of sulfone groups is 1. The maximum absolute atomic E-state index is 13.4. The maximum Gasteiger partial charge on any atom is 0.270 e. The van der Waals surface area contributed by atoms with Gasteiger partial charge in [0.25, 0.3) is 5.92 Å². The monoisotopic (exact) mass is 306 g/mol. The smallest absolute Gasteiger partial charge is 0.223 e. The maximum atomic E-state index is 13.4. The van der Waals surface area contributed by atoms with Crippen LogP contribution in [0.5, 0.6) is 0 Å². The van der Waals surface area contributed by atoms with Crippen LogP contribution < -0.4 is 0 Å². The lowest BCUT2D eigenvalue weighted by Crippen LogP contribution is -2.35. The normalized spacial score (nSPS) is 23.4. The average Bonchev–Trinajstić information content (AvgIpc) is 2.25. The first-order valence-corrected chi connectivity index (χ1v) is 8.12. The Morgan fingerprint density at radius 3 is 2.35 bits per heavy atom. The fourth-order valence-corrected chi connectivity index (χ4v) is 4.44. The van der Waals surface area contributed by atoms with Gasteiger partial charge in [0.05, 0.1) is 10.1 Å². The Morgan fingerprint density at radius 2 is 1.85 bits per heavy atom. The molecule has 20 heavy (non-hydrogen) atoms. The van der Waals surface area contributed by atoms with Crippen molar-refractivity contribution >= 4 is 9.84 Å². The highest BCUT2D eigenvalue weighted by Crippen LogP contribution is 2.39. The quantitative estimate of drug-likeness (QED) is 0.845. The number of hydrogen-bond donors (Lipinski definition) is 0. The standard InChI is InChI=1S/C14H17F3O2S/c1-3-9-4-12(5-9)20(18,19)13-7-10(14(2,16)17)6-11(15)8-13/h6-9,12H,3-5H2,1-2H3. The number of halogens is 3. The molecular formula is C14H17F3O2S. The van der Waals surface area contributed by atoms with Gasteiger partial charge in [0.15, 0.2) is 9.84 Å². The first-order chi connectivity index (χ1) is 9.14. The average molecular weight is 306 g/mol. The predicted molar refractivity (Wildman–Crippen MR) is 70.0 cm³/mol. The summed E-state index contributed by atoms with van der Waals surface area (Å²) in [5.74, 6) is -3.86. The number of rotatable bonds is 4. The third-order valence-corrected chi connectivity index (χ3v) is 6.07. The zero-order valence-electron chi connectivity index (χ0n) is 11.4. The largest absolute Gasteiger partial charge is 0.270 e. The van der Waals surface area contributed by atoms with E-state index in [0.29, 0.717) is 31.7 Å². The molecule has 112 valence electrons. The second-order valence-corrected chi connectivity index (χ2v) is 7.70. The minimum Gasteiger partial charge on any atom is -0.223 e. The van der Waals surface area contributed by atoms with Crippen molar-refractivity contribution in [1.82, 2.24) is 0 Å². The van der Waals surface area contributed by atoms with Gasteiger partial charge in [-0.2, -0.15) is 0 Å². The van der Waals surface area contributed by atoms with Gasteiger partial charge in [0, 0.05) is 12.5 Å². The summed E-state index contributed by atoms with van der Waals surface area (Å²) in [5, 5.41) is -0.576. The molecule has 0 unspecified atom stereocenters. The van der Waals surface area contributed by atoms with Crippen molar-refractivity contribution in [2.75, 3.05) is 0 Å². The van der Waals surface area contributed by atoms with Crippen LogP contribution in [0.2, 0.25) is 0 Å². The molecule has 1 aromatic rings. The van der Waals surface area contributed by atoms with Crippen LogP contribution in [0.3, 0.4) is 0 Å². The summed E-state index contributed by atoms with van der Waals surface area (Å²) in [5.41, 5.74) is -0.609. The van der Waals surface area contributed by atoms with E-state index in [2.05, 4.69) is 0 Å². The highest BCUT2D eigenvalue weighted by atomic mass is 32.2. The molecule has 0 heterocycles. The number of alkyl halides is 2. The van der Waals surface area contributed by atoms with E-state index in [0.717, 1.165) is 18.6 Å². The van der Waals surface area contributed by atoms with E-state index in [9.17, 15) is 21.6 Å². The molecule has 1 fully saturated rings. The van der Waals surface area contributed by atoms with E-state index < -0.39 is 32.4 Å². The highest BCUT2D eigenvalue weighted by molar-refractivity contribution is 7.92. The van der Waals surface area contributed by atoms with Crippen LogP contribution in [-0.2, 0) is 15.8 Å². The molecule has 2 rings (SSSR count). The van der Waals surface area contributed by atoms with Crippen LogP contribution in [0.15, 0.2) is 23.1 Å². The van der Waals surface area contributed by atoms with Gasteiger partial charge in [-0.3, -0.25) is 0 Å². The Hall–Kier alpha value is -1.04. The van der Waals surface area contributed by atoms with E-state index >= 15 is 0 Å². The molecular weight excluding hydrogens is 289 g/mol. The van der Waals surface area contributed by atoms with Crippen LogP contribution in [0.1, 0.15) is 38.7 Å². The lowest BCUT2D eigenvalue weighted by Gasteiger charge is -2.34. The van der Waals surface area contributed by atoms with Gasteiger partial charge in [-0.15, -0.1) is 0 Å². The molecule has 0 N–H and O–H groups in total. The molecule has 0 bridgehead atoms. The first-order valence-electron chi connectivity index (χ1n) is 6.57. The topological polar surface area (TPSA) is 34.1 Å². The lowest BCUT2D eigenvalue weighted by molar-refractivity contribution is 0.0169. The summed E-state index contributed by atoms with van der Waals surface area (Å²) in [4.78, 5) is -0.339. The number of hydrogen-bond acceptors (Lipinski definition) is 2. The van der Waals surface area contributed by atoms with E-state index in [-0.39, 0.29) is 4.90 Å². The van der Waals surface area contributed by atoms with Crippen LogP contribution in [0.4, 0.5) is 13.2 Å². The molecule has 2 nitrogen and oxygen atoms in total. The minimum atomic E-state index is -3.72. The highest BCUT2D eigenvalue weighted by Gasteiger charge is 2.39. The van der Waals surface area contributed by atoms with Gasteiger partial charge in [0.2, 0.25) is 0 Å². The van der Waals surface area contributed by atoms with Crippen molar-refractivity contribution < 1.29 is 21.6 Å². The Labute approximate surface area is 116 Å². The summed E-state index contributed by atoms with van der Waals surface area (Å²) in [6.45, 7) is 2.60. The van der Waals surface area contributed by atoms with Gasteiger partial charge >= 0.3 is 0 Å². The van der Waals surface area contributed by atoms with Gasteiger partial charge in [-0.1, -0.05) is 13.3 Å². The van der Waals surface area contributed by atoms with Crippen molar-refractivity contribution in [3.63, 3.8) is 0 Å². The van der Waals surface area contributed by atoms with E-state index in [4.69, 9.17) is 0 Å². The summed E-state index contributed by atoms with van der Waals surface area (Å²) in [7, 11) is -3.72. The van der Waals surface area contributed by atoms with Gasteiger partial charge in [0.1, 0.15) is 5.82 Å². The number of benzene rings is 1. The van der Waals surface area contributed by atoms with Crippen molar-refractivity contribution in [3.05, 3.63) is 29.6 Å². The molecule has 0 atom stereocenters. The SMILES string of the molecule is CCC1CC(S(=O)(=O)c2cc(F)cc(C(C)(F)F)c2)C1. The van der Waals surface area contributed by atoms with Crippen molar-refractivity contribution in [2.45, 2.75) is 49.2 Å². The lowest BCUT2D eigenvalue weighted by atomic mass is 9.83. The zero-order chi connectivity index (χ0) is 15.1. The van der Waals surface area contributed by atoms with E-state index in [1.54, 1.807) is 0 Å². The third-order valence-electron chi connectivity index (χ3n) is 3.92. The summed E-state index contributed by atoms with van der Waals surface area (Å²) >= 11 is 0. The van der Waals surface area contributed by atoms with E-state index in [1.807, 2.05) is 6.92 Å². The Balaban J connectivity index is 2.36. The van der Waals surface area contributed by atoms with Crippen LogP contribution in [0.25, 0.3) is 0 Å². The summed E-state index contributed by atoms with van der Waals surface area (Å²) in [6.07, 6.45) is 1.94. The van der Waals surface area contributed by atoms with Gasteiger partial charge < -0.3 is 0 Å². The fourth-order valence-electron chi connectivity index (χ4n) is 2.43. The molecule has 0 saturated heterocycles. The van der Waals surface area contributed by atoms with Crippen molar-refractivity contribution in [3.8, 4) is 0 Å². The molecule has 1 aliphatic rings. The molecule has 6 heteroatoms. The second-order valence-electron chi connectivity index (χ2n) is 5.48. The van der Waals surface area contributed by atoms with Crippen LogP contribution >= 0.6 is 0 Å². The third kappa shape index (κ3) is 2.85. The van der Waals surface area contributed by atoms with E-state index in [1.165, 1.54) is 0 Å².